The second-order valence-electron chi connectivity index (χ2n) is 10.1. The van der Waals surface area contributed by atoms with Crippen LogP contribution in [0.15, 0.2) is 98.7 Å². The quantitative estimate of drug-likeness (QED) is 0.150. The van der Waals surface area contributed by atoms with Crippen LogP contribution in [0.1, 0.15) is 25.3 Å². The summed E-state index contributed by atoms with van der Waals surface area (Å²) >= 11 is 0. The van der Waals surface area contributed by atoms with Gasteiger partial charge in [0.05, 0.1) is 61.4 Å². The SMILES string of the molecule is COC(=O)C1=C(C)NC(C)=C(C(=O)OC)C1c1ccccc1[N+](=O)[O-].COc1ccc(-c2coc3c(OC)c(O)ccc3c2=O)cc1. The molecule has 5 rings (SSSR count). The number of hydrogen-bond donors (Lipinski definition) is 2. The fourth-order valence-electron chi connectivity index (χ4n) is 5.30. The number of rotatable bonds is 7. The zero-order valence-electron chi connectivity index (χ0n) is 26.4. The van der Waals surface area contributed by atoms with Crippen LogP contribution in [0.3, 0.4) is 0 Å². The summed E-state index contributed by atoms with van der Waals surface area (Å²) in [6.45, 7) is 3.29. The van der Waals surface area contributed by atoms with E-state index in [0.29, 0.717) is 28.1 Å². The second-order valence-corrected chi connectivity index (χ2v) is 10.1. The van der Waals surface area contributed by atoms with E-state index in [1.807, 2.05) is 0 Å². The van der Waals surface area contributed by atoms with Crippen molar-refractivity contribution in [3.8, 4) is 28.4 Å². The number of phenols is 1. The van der Waals surface area contributed by atoms with E-state index in [1.54, 1.807) is 51.3 Å². The number of dihydropyridines is 1. The molecule has 0 amide bonds. The van der Waals surface area contributed by atoms with E-state index in [-0.39, 0.29) is 44.9 Å². The minimum Gasteiger partial charge on any atom is -0.504 e. The predicted octanol–water partition coefficient (Wildman–Crippen LogP) is 5.36. The average molecular weight is 645 g/mol. The number of fused-ring (bicyclic) bond motifs is 1. The first-order chi connectivity index (χ1) is 22.5. The number of phenolic OH excluding ortho intramolecular Hbond substituents is 1. The molecule has 13 nitrogen and oxygen atoms in total. The molecule has 47 heavy (non-hydrogen) atoms. The summed E-state index contributed by atoms with van der Waals surface area (Å²) in [5.74, 6) is -1.54. The highest BCUT2D eigenvalue weighted by atomic mass is 16.6. The maximum atomic E-state index is 12.6. The van der Waals surface area contributed by atoms with Crippen molar-refractivity contribution < 1.29 is 43.0 Å². The third-order valence-electron chi connectivity index (χ3n) is 7.50. The fraction of sp³-hybridized carbons (Fsp3) is 0.206. The van der Waals surface area contributed by atoms with Crippen LogP contribution in [0.2, 0.25) is 0 Å². The van der Waals surface area contributed by atoms with Crippen LogP contribution >= 0.6 is 0 Å². The second kappa shape index (κ2) is 14.3. The summed E-state index contributed by atoms with van der Waals surface area (Å²) < 4.78 is 25.4. The van der Waals surface area contributed by atoms with Crippen LogP contribution in [0, 0.1) is 10.1 Å². The summed E-state index contributed by atoms with van der Waals surface area (Å²) in [6, 6.07) is 16.0. The zero-order chi connectivity index (χ0) is 34.4. The number of ether oxygens (including phenoxy) is 4. The van der Waals surface area contributed by atoms with Crippen LogP contribution < -0.4 is 20.2 Å². The Kier molecular flexibility index (Phi) is 10.3. The lowest BCUT2D eigenvalue weighted by Crippen LogP contribution is -2.32. The largest absolute Gasteiger partial charge is 0.504 e. The number of nitrogens with zero attached hydrogens (tertiary/aromatic N) is 1. The molecular weight excluding hydrogens is 612 g/mol. The highest BCUT2D eigenvalue weighted by Crippen LogP contribution is 2.42. The minimum atomic E-state index is -0.970. The Hall–Kier alpha value is -6.11. The van der Waals surface area contributed by atoms with E-state index in [0.717, 1.165) is 5.56 Å². The van der Waals surface area contributed by atoms with Gasteiger partial charge in [-0.1, -0.05) is 30.3 Å². The molecule has 244 valence electrons. The van der Waals surface area contributed by atoms with Gasteiger partial charge >= 0.3 is 11.9 Å². The molecule has 1 aromatic heterocycles. The molecule has 2 N–H and O–H groups in total. The first-order valence-electron chi connectivity index (χ1n) is 14.0. The third-order valence-corrected chi connectivity index (χ3v) is 7.50. The molecule has 0 unspecified atom stereocenters. The average Bonchev–Trinajstić information content (AvgIpc) is 3.07. The van der Waals surface area contributed by atoms with Crippen LogP contribution in [0.25, 0.3) is 22.1 Å². The zero-order valence-corrected chi connectivity index (χ0v) is 26.4. The lowest BCUT2D eigenvalue weighted by molar-refractivity contribution is -0.385. The van der Waals surface area contributed by atoms with Crippen molar-refractivity contribution in [2.45, 2.75) is 19.8 Å². The van der Waals surface area contributed by atoms with Gasteiger partial charge in [0.25, 0.3) is 5.69 Å². The van der Waals surface area contributed by atoms with Crippen molar-refractivity contribution in [3.63, 3.8) is 0 Å². The number of esters is 2. The summed E-state index contributed by atoms with van der Waals surface area (Å²) in [5, 5.41) is 24.5. The van der Waals surface area contributed by atoms with Crippen molar-refractivity contribution in [2.75, 3.05) is 28.4 Å². The Morgan fingerprint density at radius 3 is 2.00 bits per heavy atom. The van der Waals surface area contributed by atoms with Crippen molar-refractivity contribution in [1.29, 1.82) is 0 Å². The van der Waals surface area contributed by atoms with Gasteiger partial charge < -0.3 is 33.8 Å². The highest BCUT2D eigenvalue weighted by Gasteiger charge is 2.40. The van der Waals surface area contributed by atoms with E-state index in [9.17, 15) is 29.6 Å². The van der Waals surface area contributed by atoms with Gasteiger partial charge in [-0.05, 0) is 43.7 Å². The number of methoxy groups -OCH3 is 4. The normalized spacial score (nSPS) is 12.9. The van der Waals surface area contributed by atoms with Crippen LogP contribution in [0.4, 0.5) is 5.69 Å². The Morgan fingerprint density at radius 1 is 0.872 bits per heavy atom. The highest BCUT2D eigenvalue weighted by molar-refractivity contribution is 6.00. The van der Waals surface area contributed by atoms with E-state index >= 15 is 0 Å². The van der Waals surface area contributed by atoms with E-state index in [4.69, 9.17) is 23.4 Å². The molecule has 0 aliphatic carbocycles. The van der Waals surface area contributed by atoms with Gasteiger partial charge in [-0.3, -0.25) is 14.9 Å². The van der Waals surface area contributed by atoms with E-state index in [1.165, 1.54) is 57.9 Å². The minimum absolute atomic E-state index is 0.0738. The molecule has 1 aliphatic rings. The Morgan fingerprint density at radius 2 is 1.47 bits per heavy atom. The van der Waals surface area contributed by atoms with Crippen molar-refractivity contribution in [2.24, 2.45) is 0 Å². The van der Waals surface area contributed by atoms with Crippen molar-refractivity contribution in [1.82, 2.24) is 5.32 Å². The van der Waals surface area contributed by atoms with Gasteiger partial charge in [-0.2, -0.15) is 0 Å². The van der Waals surface area contributed by atoms with Gasteiger partial charge in [0.1, 0.15) is 12.0 Å². The molecule has 0 radical (unpaired) electrons. The molecule has 4 aromatic rings. The summed E-state index contributed by atoms with van der Waals surface area (Å²) in [4.78, 5) is 48.2. The van der Waals surface area contributed by atoms with Gasteiger partial charge in [-0.15, -0.1) is 0 Å². The Labute approximate surface area is 268 Å². The van der Waals surface area contributed by atoms with Crippen LogP contribution in [0.5, 0.6) is 17.2 Å². The predicted molar refractivity (Wildman–Crippen MR) is 171 cm³/mol. The maximum Gasteiger partial charge on any atom is 0.336 e. The number of aromatic hydroxyl groups is 1. The first kappa shape index (κ1) is 33.8. The molecule has 3 aromatic carbocycles. The number of nitrogens with one attached hydrogen (secondary N) is 1. The van der Waals surface area contributed by atoms with Crippen molar-refractivity contribution in [3.05, 3.63) is 115 Å². The molecule has 13 heteroatoms. The number of para-hydroxylation sites is 1. The number of carbonyl (C=O) groups excluding carboxylic acids is 2. The summed E-state index contributed by atoms with van der Waals surface area (Å²) in [7, 11) is 5.41. The molecule has 0 fully saturated rings. The van der Waals surface area contributed by atoms with Crippen molar-refractivity contribution >= 4 is 28.6 Å². The van der Waals surface area contributed by atoms with Crippen LogP contribution in [-0.2, 0) is 19.1 Å². The monoisotopic (exact) mass is 644 g/mol. The van der Waals surface area contributed by atoms with E-state index < -0.39 is 22.8 Å². The smallest absolute Gasteiger partial charge is 0.336 e. The molecule has 1 aliphatic heterocycles. The molecule has 0 bridgehead atoms. The number of benzene rings is 3. The first-order valence-corrected chi connectivity index (χ1v) is 14.0. The molecule has 0 saturated carbocycles. The molecule has 0 atom stereocenters. The lowest BCUT2D eigenvalue weighted by atomic mass is 9.79. The van der Waals surface area contributed by atoms with Gasteiger partial charge in [0.2, 0.25) is 11.2 Å². The standard InChI is InChI=1S/C17H18N2O6.C17H14O5/c1-9-13(16(20)24-3)15(14(10(2)18-9)17(21)25-4)11-7-5-6-8-12(11)19(22)23;1-20-11-5-3-10(4-6-11)13-9-22-16-12(15(13)19)7-8-14(18)17(16)21-2/h5-8,15,18H,1-4H3;3-9,18H,1-2H3. The number of allylic oxidation sites excluding steroid dienone is 2. The van der Waals surface area contributed by atoms with Gasteiger partial charge in [0, 0.05) is 23.0 Å². The number of nitro benzene ring substituents is 1. The topological polar surface area (TPSA) is 177 Å². The third kappa shape index (κ3) is 6.64. The molecule has 0 spiro atoms. The lowest BCUT2D eigenvalue weighted by Gasteiger charge is -2.29. The number of hydrogen-bond acceptors (Lipinski definition) is 12. The fourth-order valence-corrected chi connectivity index (χ4v) is 5.30. The number of nitro groups is 1. The van der Waals surface area contributed by atoms with Crippen LogP contribution in [-0.4, -0.2) is 50.4 Å². The molecule has 2 heterocycles. The Balaban J connectivity index is 0.000000214. The number of carbonyl (C=O) groups is 2. The van der Waals surface area contributed by atoms with Gasteiger partial charge in [0.15, 0.2) is 11.3 Å². The summed E-state index contributed by atoms with van der Waals surface area (Å²) in [6.07, 6.45) is 1.37. The molecular formula is C34H32N2O11. The van der Waals surface area contributed by atoms with Gasteiger partial charge in [-0.25, -0.2) is 9.59 Å². The summed E-state index contributed by atoms with van der Waals surface area (Å²) in [5.41, 5.74) is 2.39. The van der Waals surface area contributed by atoms with E-state index in [2.05, 4.69) is 5.32 Å². The molecule has 0 saturated heterocycles. The Bertz CT molecular complexity index is 1940. The maximum absolute atomic E-state index is 12.6.